The third-order valence-corrected chi connectivity index (χ3v) is 5.14. The zero-order valence-corrected chi connectivity index (χ0v) is 15.7. The first kappa shape index (κ1) is 20.2. The summed E-state index contributed by atoms with van der Waals surface area (Å²) in [6.07, 6.45) is -1.66. The molecular formula is C17H18ClF4N5O. The number of nitrogens with one attached hydrogen (secondary N) is 2. The van der Waals surface area contributed by atoms with Gasteiger partial charge >= 0.3 is 0 Å². The Balaban J connectivity index is 2.02. The number of amidine groups is 1. The summed E-state index contributed by atoms with van der Waals surface area (Å²) in [6.45, 7) is 2.13. The number of aromatic nitrogens is 2. The fourth-order valence-corrected chi connectivity index (χ4v) is 3.20. The minimum Gasteiger partial charge on any atom is -0.462 e. The molecule has 1 aromatic heterocycles. The molecule has 0 saturated carbocycles. The molecule has 2 aromatic rings. The van der Waals surface area contributed by atoms with Gasteiger partial charge in [0.2, 0.25) is 0 Å². The number of anilines is 1. The van der Waals surface area contributed by atoms with Crippen LogP contribution in [-0.2, 0) is 10.3 Å². The lowest BCUT2D eigenvalue weighted by molar-refractivity contribution is 0.00403. The van der Waals surface area contributed by atoms with E-state index in [9.17, 15) is 13.2 Å². The number of ether oxygens (including phenoxy) is 1. The number of benzene rings is 1. The van der Waals surface area contributed by atoms with Gasteiger partial charge in [-0.3, -0.25) is 5.10 Å². The van der Waals surface area contributed by atoms with Gasteiger partial charge in [0.05, 0.1) is 16.9 Å². The van der Waals surface area contributed by atoms with E-state index < -0.39 is 36.1 Å². The Labute approximate surface area is 163 Å². The molecule has 0 saturated heterocycles. The van der Waals surface area contributed by atoms with Gasteiger partial charge in [0.1, 0.15) is 24.0 Å². The van der Waals surface area contributed by atoms with Crippen LogP contribution < -0.4 is 11.1 Å². The second-order valence-corrected chi connectivity index (χ2v) is 7.20. The van der Waals surface area contributed by atoms with Gasteiger partial charge in [0.25, 0.3) is 12.4 Å². The molecule has 1 aliphatic rings. The van der Waals surface area contributed by atoms with E-state index in [4.69, 9.17) is 22.1 Å². The van der Waals surface area contributed by atoms with Crippen LogP contribution in [0.1, 0.15) is 31.1 Å². The van der Waals surface area contributed by atoms with E-state index in [2.05, 4.69) is 20.5 Å². The largest absolute Gasteiger partial charge is 0.462 e. The van der Waals surface area contributed by atoms with Crippen molar-refractivity contribution >= 4 is 23.3 Å². The predicted molar refractivity (Wildman–Crippen MR) is 96.8 cm³/mol. The van der Waals surface area contributed by atoms with Crippen LogP contribution in [0.5, 0.6) is 0 Å². The number of aromatic amines is 1. The third kappa shape index (κ3) is 3.48. The highest BCUT2D eigenvalue weighted by molar-refractivity contribution is 6.31. The van der Waals surface area contributed by atoms with Crippen molar-refractivity contribution in [2.75, 3.05) is 11.9 Å². The summed E-state index contributed by atoms with van der Waals surface area (Å²) in [6, 6.07) is 1.68. The number of nitrogens with zero attached hydrogens (tertiary/aromatic N) is 2. The van der Waals surface area contributed by atoms with Crippen molar-refractivity contribution in [2.24, 2.45) is 10.7 Å². The summed E-state index contributed by atoms with van der Waals surface area (Å²) < 4.78 is 61.7. The molecule has 1 aromatic carbocycles. The van der Waals surface area contributed by atoms with Crippen LogP contribution in [0, 0.1) is 5.82 Å². The number of H-pyrrole nitrogens is 1. The minimum atomic E-state index is -2.86. The Morgan fingerprint density at radius 1 is 1.36 bits per heavy atom. The van der Waals surface area contributed by atoms with Gasteiger partial charge in [0.15, 0.2) is 5.67 Å². The molecule has 11 heteroatoms. The zero-order valence-electron chi connectivity index (χ0n) is 14.9. The van der Waals surface area contributed by atoms with Crippen molar-refractivity contribution in [3.8, 4) is 0 Å². The summed E-state index contributed by atoms with van der Waals surface area (Å²) in [4.78, 5) is 3.96. The van der Waals surface area contributed by atoms with Gasteiger partial charge in [-0.1, -0.05) is 11.6 Å². The molecule has 3 rings (SSSR count). The zero-order chi connectivity index (χ0) is 20.7. The molecule has 0 spiro atoms. The van der Waals surface area contributed by atoms with Crippen LogP contribution in [0.15, 0.2) is 29.4 Å². The van der Waals surface area contributed by atoms with Gasteiger partial charge < -0.3 is 15.8 Å². The number of halogens is 5. The highest BCUT2D eigenvalue weighted by Gasteiger charge is 2.52. The Hall–Kier alpha value is -2.49. The summed E-state index contributed by atoms with van der Waals surface area (Å²) in [5, 5.41) is 8.63. The summed E-state index contributed by atoms with van der Waals surface area (Å²) in [5.74, 6) is -0.761. The monoisotopic (exact) mass is 419 g/mol. The number of rotatable bonds is 5. The van der Waals surface area contributed by atoms with Crippen molar-refractivity contribution < 1.29 is 22.3 Å². The van der Waals surface area contributed by atoms with Crippen molar-refractivity contribution in [1.29, 1.82) is 0 Å². The molecule has 0 fully saturated rings. The topological polar surface area (TPSA) is 88.3 Å². The SMILES string of the molecule is C[C@]1(F)COC(N)=N[C@]1(C)c1cc(NC(c2[nH]ncc2Cl)C(F)F)ccc1F. The van der Waals surface area contributed by atoms with Crippen LogP contribution in [-0.4, -0.2) is 34.9 Å². The molecule has 28 heavy (non-hydrogen) atoms. The highest BCUT2D eigenvalue weighted by Crippen LogP contribution is 2.44. The standard InChI is InChI=1S/C17H18ClF4N5O/c1-16(22)7-28-15(23)26-17(16,2)9-5-8(3-4-11(9)19)25-13(14(20)21)12-10(18)6-24-27-12/h3-6,13-14,25H,7H2,1-2H3,(H2,23,26)(H,24,27)/t13?,16-,17+/m0/s1. The lowest BCUT2D eigenvalue weighted by Gasteiger charge is -2.41. The van der Waals surface area contributed by atoms with Crippen LogP contribution in [0.25, 0.3) is 0 Å². The van der Waals surface area contributed by atoms with E-state index in [0.717, 1.165) is 6.07 Å². The van der Waals surface area contributed by atoms with Gasteiger partial charge in [-0.05, 0) is 32.0 Å². The molecule has 6 nitrogen and oxygen atoms in total. The lowest BCUT2D eigenvalue weighted by atomic mass is 9.78. The number of hydrogen-bond donors (Lipinski definition) is 3. The maximum atomic E-state index is 15.1. The van der Waals surface area contributed by atoms with Crippen molar-refractivity contribution in [2.45, 2.75) is 37.5 Å². The first-order valence-electron chi connectivity index (χ1n) is 8.25. The molecule has 0 amide bonds. The van der Waals surface area contributed by atoms with Gasteiger partial charge in [-0.25, -0.2) is 22.6 Å². The van der Waals surface area contributed by atoms with E-state index in [-0.39, 0.29) is 28.0 Å². The van der Waals surface area contributed by atoms with Crippen LogP contribution >= 0.6 is 11.6 Å². The Kier molecular flexibility index (Phi) is 5.18. The molecule has 3 atom stereocenters. The maximum absolute atomic E-state index is 15.1. The van der Waals surface area contributed by atoms with E-state index >= 15 is 4.39 Å². The average molecular weight is 420 g/mol. The number of aliphatic imine (C=N–C) groups is 1. The Morgan fingerprint density at radius 3 is 2.68 bits per heavy atom. The molecule has 0 aliphatic carbocycles. The Morgan fingerprint density at radius 2 is 2.07 bits per heavy atom. The second kappa shape index (κ2) is 7.16. The van der Waals surface area contributed by atoms with Crippen molar-refractivity contribution in [1.82, 2.24) is 10.2 Å². The minimum absolute atomic E-state index is 0.0187. The second-order valence-electron chi connectivity index (χ2n) is 6.79. The first-order chi connectivity index (χ1) is 13.0. The quantitative estimate of drug-likeness (QED) is 0.641. The average Bonchev–Trinajstić information content (AvgIpc) is 3.03. The van der Waals surface area contributed by atoms with Crippen LogP contribution in [0.4, 0.5) is 23.2 Å². The van der Waals surface area contributed by atoms with Crippen molar-refractivity contribution in [3.63, 3.8) is 0 Å². The number of alkyl halides is 3. The lowest BCUT2D eigenvalue weighted by Crippen LogP contribution is -2.52. The van der Waals surface area contributed by atoms with Gasteiger partial charge in [-0.15, -0.1) is 0 Å². The van der Waals surface area contributed by atoms with E-state index in [0.29, 0.717) is 0 Å². The predicted octanol–water partition coefficient (Wildman–Crippen LogP) is 3.91. The molecule has 0 bridgehead atoms. The van der Waals surface area contributed by atoms with E-state index in [1.54, 1.807) is 0 Å². The summed E-state index contributed by atoms with van der Waals surface area (Å²) in [7, 11) is 0. The summed E-state index contributed by atoms with van der Waals surface area (Å²) in [5.41, 5.74) is 1.67. The highest BCUT2D eigenvalue weighted by atomic mass is 35.5. The van der Waals surface area contributed by atoms with E-state index in [1.807, 2.05) is 0 Å². The molecule has 1 aliphatic heterocycles. The first-order valence-corrected chi connectivity index (χ1v) is 8.63. The fraction of sp³-hybridized carbons (Fsp3) is 0.412. The number of nitrogens with two attached hydrogens (primary N) is 1. The van der Waals surface area contributed by atoms with Gasteiger partial charge in [-0.2, -0.15) is 5.10 Å². The molecular weight excluding hydrogens is 402 g/mol. The fourth-order valence-electron chi connectivity index (χ4n) is 2.99. The van der Waals surface area contributed by atoms with E-state index in [1.165, 1.54) is 32.2 Å². The maximum Gasteiger partial charge on any atom is 0.283 e. The third-order valence-electron chi connectivity index (χ3n) is 4.84. The molecule has 1 unspecified atom stereocenters. The van der Waals surface area contributed by atoms with Gasteiger partial charge in [0, 0.05) is 11.3 Å². The molecule has 0 radical (unpaired) electrons. The smallest absolute Gasteiger partial charge is 0.283 e. The summed E-state index contributed by atoms with van der Waals surface area (Å²) >= 11 is 5.88. The normalized spacial score (nSPS) is 25.9. The number of hydrogen-bond acceptors (Lipinski definition) is 5. The van der Waals surface area contributed by atoms with Crippen LogP contribution in [0.3, 0.4) is 0 Å². The molecule has 152 valence electrons. The van der Waals surface area contributed by atoms with Crippen molar-refractivity contribution in [3.05, 3.63) is 46.5 Å². The van der Waals surface area contributed by atoms with Crippen LogP contribution in [0.2, 0.25) is 5.02 Å². The Bertz CT molecular complexity index is 903. The molecule has 4 N–H and O–H groups in total. The molecule has 2 heterocycles.